The monoisotopic (exact) mass is 304 g/mol. The van der Waals surface area contributed by atoms with Gasteiger partial charge < -0.3 is 9.52 Å². The molecule has 0 saturated carbocycles. The Balaban J connectivity index is 1.83. The highest BCUT2D eigenvalue weighted by Crippen LogP contribution is 2.26. The van der Waals surface area contributed by atoms with Crippen LogP contribution in [0.25, 0.3) is 27.8 Å². The molecule has 2 aromatic carbocycles. The van der Waals surface area contributed by atoms with Gasteiger partial charge in [0.25, 0.3) is 0 Å². The third kappa shape index (κ3) is 2.28. The van der Waals surface area contributed by atoms with Crippen molar-refractivity contribution in [2.45, 2.75) is 0 Å². The van der Waals surface area contributed by atoms with Crippen LogP contribution in [0.1, 0.15) is 10.4 Å². The van der Waals surface area contributed by atoms with Crippen LogP contribution in [0.2, 0.25) is 0 Å². The Bertz CT molecular complexity index is 1000. The molecule has 0 atom stereocenters. The number of aromatic nitrogens is 2. The lowest BCUT2D eigenvalue weighted by Crippen LogP contribution is -1.99. The molecule has 2 aromatic heterocycles. The summed E-state index contributed by atoms with van der Waals surface area (Å²) in [5.74, 6) is -0.946. The van der Waals surface area contributed by atoms with E-state index in [0.717, 1.165) is 27.8 Å². The molecule has 23 heavy (non-hydrogen) atoms. The summed E-state index contributed by atoms with van der Waals surface area (Å²) in [5.41, 5.74) is 4.79. The predicted molar refractivity (Wildman–Crippen MR) is 85.7 cm³/mol. The van der Waals surface area contributed by atoms with Crippen LogP contribution in [0.5, 0.6) is 0 Å². The standard InChI is InChI=1S/C18H12N2O3/c21-18(22)13-2-1-3-15(8-13)20-11-19-16-9-12(4-5-17(16)20)14-6-7-23-10-14/h1-11H,(H,21,22). The number of nitrogens with zero attached hydrogens (tertiary/aromatic N) is 2. The van der Waals surface area contributed by atoms with Gasteiger partial charge in [-0.2, -0.15) is 0 Å². The number of carboxylic acids is 1. The third-order valence-corrected chi connectivity index (χ3v) is 3.77. The zero-order chi connectivity index (χ0) is 15.8. The first kappa shape index (κ1) is 13.3. The molecule has 112 valence electrons. The molecule has 4 aromatic rings. The number of hydrogen-bond acceptors (Lipinski definition) is 3. The summed E-state index contributed by atoms with van der Waals surface area (Å²) in [7, 11) is 0. The van der Waals surface area contributed by atoms with Gasteiger partial charge in [0.15, 0.2) is 0 Å². The summed E-state index contributed by atoms with van der Waals surface area (Å²) in [5, 5.41) is 9.13. The second-order valence-electron chi connectivity index (χ2n) is 5.19. The Morgan fingerprint density at radius 1 is 1.09 bits per heavy atom. The quantitative estimate of drug-likeness (QED) is 0.621. The largest absolute Gasteiger partial charge is 0.478 e. The molecule has 0 spiro atoms. The molecular formula is C18H12N2O3. The molecule has 2 heterocycles. The minimum absolute atomic E-state index is 0.249. The van der Waals surface area contributed by atoms with Crippen molar-refractivity contribution in [3.8, 4) is 16.8 Å². The fourth-order valence-electron chi connectivity index (χ4n) is 2.62. The van der Waals surface area contributed by atoms with Crippen LogP contribution in [0.4, 0.5) is 0 Å². The van der Waals surface area contributed by atoms with Crippen LogP contribution in [0.15, 0.2) is 71.8 Å². The van der Waals surface area contributed by atoms with Gasteiger partial charge in [-0.25, -0.2) is 9.78 Å². The minimum Gasteiger partial charge on any atom is -0.478 e. The number of furan rings is 1. The summed E-state index contributed by atoms with van der Waals surface area (Å²) in [6, 6.07) is 14.6. The Hall–Kier alpha value is -3.34. The zero-order valence-corrected chi connectivity index (χ0v) is 12.0. The molecule has 5 heteroatoms. The average Bonchev–Trinajstić information content (AvgIpc) is 3.24. The Labute approximate surface area is 131 Å². The first-order valence-corrected chi connectivity index (χ1v) is 7.06. The second-order valence-corrected chi connectivity index (χ2v) is 5.19. The number of aromatic carboxylic acids is 1. The normalized spacial score (nSPS) is 11.0. The van der Waals surface area contributed by atoms with Crippen molar-refractivity contribution in [2.24, 2.45) is 0 Å². The van der Waals surface area contributed by atoms with E-state index in [0.29, 0.717) is 0 Å². The molecule has 0 unspecified atom stereocenters. The lowest BCUT2D eigenvalue weighted by molar-refractivity contribution is 0.0697. The first-order chi connectivity index (χ1) is 11.2. The van der Waals surface area contributed by atoms with Crippen LogP contribution < -0.4 is 0 Å². The average molecular weight is 304 g/mol. The van der Waals surface area contributed by atoms with Gasteiger partial charge in [-0.05, 0) is 42.0 Å². The Kier molecular flexibility index (Phi) is 2.98. The van der Waals surface area contributed by atoms with E-state index in [9.17, 15) is 4.79 Å². The van der Waals surface area contributed by atoms with E-state index >= 15 is 0 Å². The number of rotatable bonds is 3. The van der Waals surface area contributed by atoms with Crippen LogP contribution in [0, 0.1) is 0 Å². The summed E-state index contributed by atoms with van der Waals surface area (Å²) in [4.78, 5) is 15.6. The van der Waals surface area contributed by atoms with Crippen LogP contribution in [-0.4, -0.2) is 20.6 Å². The summed E-state index contributed by atoms with van der Waals surface area (Å²) < 4.78 is 6.99. The van der Waals surface area contributed by atoms with Crippen LogP contribution in [-0.2, 0) is 0 Å². The van der Waals surface area contributed by atoms with E-state index in [-0.39, 0.29) is 5.56 Å². The molecule has 0 fully saturated rings. The van der Waals surface area contributed by atoms with E-state index in [2.05, 4.69) is 4.98 Å². The summed E-state index contributed by atoms with van der Waals surface area (Å²) >= 11 is 0. The van der Waals surface area contributed by atoms with E-state index in [1.165, 1.54) is 0 Å². The van der Waals surface area contributed by atoms with Gasteiger partial charge >= 0.3 is 5.97 Å². The number of carboxylic acid groups (broad SMARTS) is 1. The van der Waals surface area contributed by atoms with Crippen molar-refractivity contribution in [2.75, 3.05) is 0 Å². The topological polar surface area (TPSA) is 68.3 Å². The van der Waals surface area contributed by atoms with Gasteiger partial charge in [0, 0.05) is 11.3 Å². The van der Waals surface area contributed by atoms with E-state index in [1.54, 1.807) is 37.1 Å². The van der Waals surface area contributed by atoms with Crippen molar-refractivity contribution in [1.29, 1.82) is 0 Å². The molecular weight excluding hydrogens is 292 g/mol. The zero-order valence-electron chi connectivity index (χ0n) is 12.0. The van der Waals surface area contributed by atoms with Crippen molar-refractivity contribution in [3.05, 3.63) is 72.9 Å². The minimum atomic E-state index is -0.946. The first-order valence-electron chi connectivity index (χ1n) is 7.06. The Morgan fingerprint density at radius 2 is 2.00 bits per heavy atom. The van der Waals surface area contributed by atoms with Gasteiger partial charge in [0.05, 0.1) is 29.1 Å². The van der Waals surface area contributed by atoms with Crippen LogP contribution in [0.3, 0.4) is 0 Å². The highest BCUT2D eigenvalue weighted by Gasteiger charge is 2.09. The van der Waals surface area contributed by atoms with E-state index in [1.807, 2.05) is 34.9 Å². The van der Waals surface area contributed by atoms with Crippen molar-refractivity contribution in [3.63, 3.8) is 0 Å². The second kappa shape index (κ2) is 5.14. The molecule has 1 N–H and O–H groups in total. The number of imidazole rings is 1. The summed E-state index contributed by atoms with van der Waals surface area (Å²) in [6.07, 6.45) is 5.02. The maximum Gasteiger partial charge on any atom is 0.335 e. The smallest absolute Gasteiger partial charge is 0.335 e. The molecule has 0 aliphatic carbocycles. The fourth-order valence-corrected chi connectivity index (χ4v) is 2.62. The van der Waals surface area contributed by atoms with Gasteiger partial charge in [0.1, 0.15) is 6.33 Å². The SMILES string of the molecule is O=C(O)c1cccc(-n2cnc3cc(-c4ccoc4)ccc32)c1. The summed E-state index contributed by atoms with van der Waals surface area (Å²) in [6.45, 7) is 0. The van der Waals surface area contributed by atoms with Crippen molar-refractivity contribution >= 4 is 17.0 Å². The molecule has 0 bridgehead atoms. The number of benzene rings is 2. The van der Waals surface area contributed by atoms with Crippen LogP contribution >= 0.6 is 0 Å². The molecule has 0 amide bonds. The molecule has 4 rings (SSSR count). The van der Waals surface area contributed by atoms with E-state index < -0.39 is 5.97 Å². The Morgan fingerprint density at radius 3 is 2.78 bits per heavy atom. The highest BCUT2D eigenvalue weighted by atomic mass is 16.4. The maximum atomic E-state index is 11.1. The third-order valence-electron chi connectivity index (χ3n) is 3.77. The highest BCUT2D eigenvalue weighted by molar-refractivity contribution is 5.89. The predicted octanol–water partition coefficient (Wildman–Crippen LogP) is 3.98. The van der Waals surface area contributed by atoms with Gasteiger partial charge in [0.2, 0.25) is 0 Å². The van der Waals surface area contributed by atoms with Gasteiger partial charge in [-0.1, -0.05) is 12.1 Å². The fraction of sp³-hybridized carbons (Fsp3) is 0. The van der Waals surface area contributed by atoms with Crippen molar-refractivity contribution < 1.29 is 14.3 Å². The van der Waals surface area contributed by atoms with Gasteiger partial charge in [-0.3, -0.25) is 4.57 Å². The van der Waals surface area contributed by atoms with E-state index in [4.69, 9.17) is 9.52 Å². The molecule has 5 nitrogen and oxygen atoms in total. The number of carbonyl (C=O) groups is 1. The maximum absolute atomic E-state index is 11.1. The molecule has 0 aliphatic rings. The number of fused-ring (bicyclic) bond motifs is 1. The molecule has 0 radical (unpaired) electrons. The molecule has 0 saturated heterocycles. The lowest BCUT2D eigenvalue weighted by atomic mass is 10.1. The van der Waals surface area contributed by atoms with Crippen molar-refractivity contribution in [1.82, 2.24) is 9.55 Å². The number of hydrogen-bond donors (Lipinski definition) is 1. The lowest BCUT2D eigenvalue weighted by Gasteiger charge is -2.06. The van der Waals surface area contributed by atoms with Gasteiger partial charge in [-0.15, -0.1) is 0 Å². The molecule has 0 aliphatic heterocycles.